The van der Waals surface area contributed by atoms with Crippen molar-refractivity contribution in [2.75, 3.05) is 11.2 Å². The number of carbonyl (C=O) groups is 1. The van der Waals surface area contributed by atoms with E-state index in [1.54, 1.807) is 6.07 Å². The molecule has 4 N–H and O–H groups in total. The number of anilines is 2. The molecule has 1 aromatic heterocycles. The molecule has 1 heterocycles. The molecule has 0 bridgehead atoms. The van der Waals surface area contributed by atoms with Gasteiger partial charge in [0.25, 0.3) is 5.91 Å². The van der Waals surface area contributed by atoms with Crippen LogP contribution < -0.4 is 21.3 Å². The summed E-state index contributed by atoms with van der Waals surface area (Å²) in [7, 11) is 0. The average molecular weight is 341 g/mol. The van der Waals surface area contributed by atoms with E-state index in [0.717, 1.165) is 31.2 Å². The highest BCUT2D eigenvalue weighted by Gasteiger charge is 2.18. The standard InChI is InChI=1S/C18H23N5O2/c1-12-7-5-6-10-14(12)17(24)23-22-16-15(19)18(21-11-20-16)25-13-8-3-2-4-9-13/h5-7,10-11,13H,2-4,8-9,19H2,1H3,(H,23,24)(H,20,21,22). The smallest absolute Gasteiger partial charge is 0.269 e. The minimum absolute atomic E-state index is 0.139. The molecule has 1 aliphatic carbocycles. The Morgan fingerprint density at radius 1 is 1.20 bits per heavy atom. The van der Waals surface area contributed by atoms with E-state index < -0.39 is 0 Å². The maximum absolute atomic E-state index is 12.3. The van der Waals surface area contributed by atoms with Crippen LogP contribution in [0.2, 0.25) is 0 Å². The molecule has 1 amide bonds. The molecule has 0 saturated heterocycles. The number of nitrogens with one attached hydrogen (secondary N) is 2. The van der Waals surface area contributed by atoms with Gasteiger partial charge >= 0.3 is 0 Å². The lowest BCUT2D eigenvalue weighted by atomic mass is 9.98. The van der Waals surface area contributed by atoms with Crippen molar-refractivity contribution in [3.63, 3.8) is 0 Å². The van der Waals surface area contributed by atoms with Crippen LogP contribution in [-0.2, 0) is 0 Å². The molecule has 132 valence electrons. The number of hydrogen-bond donors (Lipinski definition) is 3. The van der Waals surface area contributed by atoms with Crippen LogP contribution in [0.25, 0.3) is 0 Å². The molecule has 1 aliphatic rings. The van der Waals surface area contributed by atoms with E-state index in [1.165, 1.54) is 12.7 Å². The number of nitrogens with two attached hydrogens (primary N) is 1. The Kier molecular flexibility index (Phi) is 5.33. The van der Waals surface area contributed by atoms with E-state index in [2.05, 4.69) is 20.8 Å². The third-order valence-electron chi connectivity index (χ3n) is 4.36. The van der Waals surface area contributed by atoms with Crippen molar-refractivity contribution in [3.8, 4) is 5.88 Å². The monoisotopic (exact) mass is 341 g/mol. The van der Waals surface area contributed by atoms with Crippen molar-refractivity contribution in [2.45, 2.75) is 45.1 Å². The molecule has 7 heteroatoms. The largest absolute Gasteiger partial charge is 0.473 e. The van der Waals surface area contributed by atoms with Crippen molar-refractivity contribution in [3.05, 3.63) is 41.7 Å². The van der Waals surface area contributed by atoms with Gasteiger partial charge in [-0.2, -0.15) is 4.98 Å². The topological polar surface area (TPSA) is 102 Å². The van der Waals surface area contributed by atoms with Gasteiger partial charge in [-0.25, -0.2) is 4.98 Å². The van der Waals surface area contributed by atoms with Crippen molar-refractivity contribution < 1.29 is 9.53 Å². The first-order chi connectivity index (χ1) is 12.1. The summed E-state index contributed by atoms with van der Waals surface area (Å²) in [6.07, 6.45) is 7.10. The van der Waals surface area contributed by atoms with Crippen molar-refractivity contribution in [1.29, 1.82) is 0 Å². The molecule has 1 aromatic carbocycles. The van der Waals surface area contributed by atoms with Gasteiger partial charge in [-0.3, -0.25) is 15.6 Å². The van der Waals surface area contributed by atoms with Gasteiger partial charge in [0.05, 0.1) is 0 Å². The number of amides is 1. The molecule has 3 rings (SSSR count). The van der Waals surface area contributed by atoms with Gasteiger partial charge in [-0.1, -0.05) is 24.6 Å². The summed E-state index contributed by atoms with van der Waals surface area (Å²) in [6.45, 7) is 1.88. The highest BCUT2D eigenvalue weighted by atomic mass is 16.5. The molecule has 0 aliphatic heterocycles. The van der Waals surface area contributed by atoms with E-state index in [4.69, 9.17) is 10.5 Å². The lowest BCUT2D eigenvalue weighted by Gasteiger charge is -2.23. The Morgan fingerprint density at radius 2 is 1.96 bits per heavy atom. The number of aromatic nitrogens is 2. The van der Waals surface area contributed by atoms with E-state index in [9.17, 15) is 4.79 Å². The molecule has 0 spiro atoms. The normalized spacial score (nSPS) is 14.8. The summed E-state index contributed by atoms with van der Waals surface area (Å²) in [5.41, 5.74) is 13.2. The number of nitrogens with zero attached hydrogens (tertiary/aromatic N) is 2. The van der Waals surface area contributed by atoms with Gasteiger partial charge in [0, 0.05) is 5.56 Å². The predicted octanol–water partition coefficient (Wildman–Crippen LogP) is 2.84. The molecule has 0 unspecified atom stereocenters. The van der Waals surface area contributed by atoms with E-state index in [1.807, 2.05) is 25.1 Å². The van der Waals surface area contributed by atoms with Crippen molar-refractivity contribution in [2.24, 2.45) is 0 Å². The summed E-state index contributed by atoms with van der Waals surface area (Å²) in [5, 5.41) is 0. The average Bonchev–Trinajstić information content (AvgIpc) is 2.63. The quantitative estimate of drug-likeness (QED) is 0.723. The van der Waals surface area contributed by atoms with Gasteiger partial charge in [0.2, 0.25) is 5.88 Å². The Hall–Kier alpha value is -2.83. The molecular weight excluding hydrogens is 318 g/mol. The maximum Gasteiger partial charge on any atom is 0.269 e. The van der Waals surface area contributed by atoms with E-state index in [0.29, 0.717) is 17.3 Å². The van der Waals surface area contributed by atoms with Gasteiger partial charge in [-0.05, 0) is 44.2 Å². The minimum atomic E-state index is -0.258. The first-order valence-corrected chi connectivity index (χ1v) is 8.54. The summed E-state index contributed by atoms with van der Waals surface area (Å²) in [5.74, 6) is 0.420. The Morgan fingerprint density at radius 3 is 2.72 bits per heavy atom. The van der Waals surface area contributed by atoms with Crippen molar-refractivity contribution >= 4 is 17.4 Å². The summed E-state index contributed by atoms with van der Waals surface area (Å²) in [6, 6.07) is 7.34. The number of hydrazine groups is 1. The van der Waals surface area contributed by atoms with Crippen LogP contribution >= 0.6 is 0 Å². The summed E-state index contributed by atoms with van der Waals surface area (Å²) in [4.78, 5) is 20.5. The molecule has 25 heavy (non-hydrogen) atoms. The fraction of sp³-hybridized carbons (Fsp3) is 0.389. The Bertz CT molecular complexity index is 744. The lowest BCUT2D eigenvalue weighted by Crippen LogP contribution is -2.31. The number of ether oxygens (including phenoxy) is 1. The number of carbonyl (C=O) groups excluding carboxylic acids is 1. The zero-order valence-corrected chi connectivity index (χ0v) is 14.3. The number of aryl methyl sites for hydroxylation is 1. The highest BCUT2D eigenvalue weighted by molar-refractivity contribution is 5.96. The van der Waals surface area contributed by atoms with E-state index >= 15 is 0 Å². The van der Waals surface area contributed by atoms with Gasteiger partial charge in [-0.15, -0.1) is 0 Å². The first kappa shape index (κ1) is 17.0. The second kappa shape index (κ2) is 7.83. The van der Waals surface area contributed by atoms with Crippen molar-refractivity contribution in [1.82, 2.24) is 15.4 Å². The molecule has 1 saturated carbocycles. The van der Waals surface area contributed by atoms with Crippen LogP contribution in [0.15, 0.2) is 30.6 Å². The van der Waals surface area contributed by atoms with Crippen LogP contribution in [0, 0.1) is 6.92 Å². The second-order valence-corrected chi connectivity index (χ2v) is 6.21. The lowest BCUT2D eigenvalue weighted by molar-refractivity contribution is 0.0961. The third-order valence-corrected chi connectivity index (χ3v) is 4.36. The molecular formula is C18H23N5O2. The van der Waals surface area contributed by atoms with Gasteiger partial charge in [0.1, 0.15) is 18.1 Å². The summed E-state index contributed by atoms with van der Waals surface area (Å²) >= 11 is 0. The second-order valence-electron chi connectivity index (χ2n) is 6.21. The highest BCUT2D eigenvalue weighted by Crippen LogP contribution is 2.28. The van der Waals surface area contributed by atoms with E-state index in [-0.39, 0.29) is 17.7 Å². The van der Waals surface area contributed by atoms with Gasteiger partial charge < -0.3 is 10.5 Å². The summed E-state index contributed by atoms with van der Waals surface area (Å²) < 4.78 is 5.91. The van der Waals surface area contributed by atoms with Crippen LogP contribution in [0.5, 0.6) is 5.88 Å². The number of hydrogen-bond acceptors (Lipinski definition) is 6. The van der Waals surface area contributed by atoms with Crippen LogP contribution in [-0.4, -0.2) is 22.0 Å². The number of benzene rings is 1. The maximum atomic E-state index is 12.3. The fourth-order valence-corrected chi connectivity index (χ4v) is 2.92. The predicted molar refractivity (Wildman–Crippen MR) is 96.2 cm³/mol. The number of rotatable bonds is 5. The Labute approximate surface area is 147 Å². The molecule has 1 fully saturated rings. The molecule has 7 nitrogen and oxygen atoms in total. The zero-order valence-electron chi connectivity index (χ0n) is 14.3. The van der Waals surface area contributed by atoms with Crippen LogP contribution in [0.3, 0.4) is 0 Å². The van der Waals surface area contributed by atoms with Crippen LogP contribution in [0.1, 0.15) is 48.0 Å². The minimum Gasteiger partial charge on any atom is -0.473 e. The van der Waals surface area contributed by atoms with Crippen LogP contribution in [0.4, 0.5) is 11.5 Å². The third kappa shape index (κ3) is 4.17. The zero-order chi connectivity index (χ0) is 17.6. The Balaban J connectivity index is 1.65. The fourth-order valence-electron chi connectivity index (χ4n) is 2.92. The molecule has 0 atom stereocenters. The molecule has 2 aromatic rings. The molecule has 0 radical (unpaired) electrons. The first-order valence-electron chi connectivity index (χ1n) is 8.54. The van der Waals surface area contributed by atoms with Gasteiger partial charge in [0.15, 0.2) is 5.82 Å². The SMILES string of the molecule is Cc1ccccc1C(=O)NNc1ncnc(OC2CCCCC2)c1N. The number of nitrogen functional groups attached to an aromatic ring is 1.